The van der Waals surface area contributed by atoms with E-state index in [1.807, 2.05) is 0 Å². The highest BCUT2D eigenvalue weighted by Crippen LogP contribution is 2.42. The van der Waals surface area contributed by atoms with Gasteiger partial charge < -0.3 is 5.11 Å². The van der Waals surface area contributed by atoms with Crippen molar-refractivity contribution in [1.29, 1.82) is 0 Å². The van der Waals surface area contributed by atoms with E-state index in [1.165, 1.54) is 6.07 Å². The van der Waals surface area contributed by atoms with Gasteiger partial charge in [-0.05, 0) is 16.9 Å². The van der Waals surface area contributed by atoms with Crippen LogP contribution < -0.4 is 0 Å². The molecular formula is C11H14F2O2S. The van der Waals surface area contributed by atoms with E-state index in [9.17, 15) is 13.6 Å². The van der Waals surface area contributed by atoms with Gasteiger partial charge in [0.05, 0.1) is 11.3 Å². The molecule has 0 amide bonds. The van der Waals surface area contributed by atoms with Gasteiger partial charge in [0.2, 0.25) is 0 Å². The van der Waals surface area contributed by atoms with Crippen LogP contribution in [0.25, 0.3) is 0 Å². The first-order valence-electron chi connectivity index (χ1n) is 4.87. The lowest BCUT2D eigenvalue weighted by atomic mass is 9.82. The van der Waals surface area contributed by atoms with Crippen LogP contribution in [0, 0.1) is 5.41 Å². The largest absolute Gasteiger partial charge is 0.481 e. The molecule has 90 valence electrons. The number of rotatable bonds is 5. The monoisotopic (exact) mass is 248 g/mol. The number of hydrogen-bond donors (Lipinski definition) is 1. The molecule has 0 aromatic carbocycles. The molecule has 2 nitrogen and oxygen atoms in total. The highest BCUT2D eigenvalue weighted by Gasteiger charge is 2.40. The molecule has 0 unspecified atom stereocenters. The van der Waals surface area contributed by atoms with Crippen molar-refractivity contribution in [3.8, 4) is 0 Å². The summed E-state index contributed by atoms with van der Waals surface area (Å²) >= 11 is 0.992. The van der Waals surface area contributed by atoms with Gasteiger partial charge in [0.15, 0.2) is 0 Å². The number of hydrogen-bond acceptors (Lipinski definition) is 2. The predicted molar refractivity (Wildman–Crippen MR) is 58.9 cm³/mol. The van der Waals surface area contributed by atoms with E-state index in [2.05, 4.69) is 0 Å². The Bertz CT molecular complexity index is 358. The second-order valence-electron chi connectivity index (χ2n) is 4.59. The molecule has 1 aromatic rings. The maximum absolute atomic E-state index is 13.8. The number of halogens is 2. The molecule has 0 aliphatic rings. The lowest BCUT2D eigenvalue weighted by Gasteiger charge is -2.27. The van der Waals surface area contributed by atoms with E-state index in [-0.39, 0.29) is 11.3 Å². The summed E-state index contributed by atoms with van der Waals surface area (Å²) in [4.78, 5) is 10.5. The molecule has 0 bridgehead atoms. The van der Waals surface area contributed by atoms with E-state index >= 15 is 0 Å². The van der Waals surface area contributed by atoms with Gasteiger partial charge in [-0.1, -0.05) is 19.9 Å². The van der Waals surface area contributed by atoms with Gasteiger partial charge in [-0.15, -0.1) is 11.3 Å². The molecule has 0 aliphatic carbocycles. The standard InChI is InChI=1S/C11H14F2O2S/c1-10(2,6-9(14)15)7-11(12,13)8-4-3-5-16-8/h3-5H,6-7H2,1-2H3,(H,14,15). The van der Waals surface area contributed by atoms with Crippen molar-refractivity contribution in [2.45, 2.75) is 32.6 Å². The first-order valence-corrected chi connectivity index (χ1v) is 5.74. The minimum absolute atomic E-state index is 0.00837. The van der Waals surface area contributed by atoms with Crippen molar-refractivity contribution in [3.05, 3.63) is 22.4 Å². The molecule has 0 saturated heterocycles. The van der Waals surface area contributed by atoms with E-state index in [0.717, 1.165) is 11.3 Å². The van der Waals surface area contributed by atoms with Gasteiger partial charge in [-0.25, -0.2) is 8.78 Å². The fraction of sp³-hybridized carbons (Fsp3) is 0.545. The van der Waals surface area contributed by atoms with Crippen LogP contribution in [-0.4, -0.2) is 11.1 Å². The van der Waals surface area contributed by atoms with Crippen molar-refractivity contribution in [2.24, 2.45) is 5.41 Å². The maximum atomic E-state index is 13.8. The second-order valence-corrected chi connectivity index (χ2v) is 5.54. The van der Waals surface area contributed by atoms with Crippen LogP contribution >= 0.6 is 11.3 Å². The Kier molecular flexibility index (Phi) is 3.68. The lowest BCUT2D eigenvalue weighted by molar-refractivity contribution is -0.140. The summed E-state index contributed by atoms with van der Waals surface area (Å²) in [5.74, 6) is -4.00. The molecule has 0 fully saturated rings. The fourth-order valence-electron chi connectivity index (χ4n) is 1.65. The molecule has 5 heteroatoms. The van der Waals surface area contributed by atoms with E-state index in [1.54, 1.807) is 25.3 Å². The average Bonchev–Trinajstić information content (AvgIpc) is 2.48. The van der Waals surface area contributed by atoms with Crippen LogP contribution in [0.4, 0.5) is 8.78 Å². The molecule has 0 radical (unpaired) electrons. The minimum Gasteiger partial charge on any atom is -0.481 e. The van der Waals surface area contributed by atoms with Gasteiger partial charge in [0, 0.05) is 6.42 Å². The molecule has 0 saturated carbocycles. The van der Waals surface area contributed by atoms with Crippen molar-refractivity contribution < 1.29 is 18.7 Å². The van der Waals surface area contributed by atoms with Gasteiger partial charge in [0.1, 0.15) is 0 Å². The Morgan fingerprint density at radius 3 is 2.56 bits per heavy atom. The molecule has 0 aliphatic heterocycles. The van der Waals surface area contributed by atoms with Gasteiger partial charge in [0.25, 0.3) is 5.92 Å². The van der Waals surface area contributed by atoms with E-state index in [4.69, 9.17) is 5.11 Å². The maximum Gasteiger partial charge on any atom is 0.303 e. The van der Waals surface area contributed by atoms with Crippen LogP contribution in [0.2, 0.25) is 0 Å². The molecule has 1 aromatic heterocycles. The molecular weight excluding hydrogens is 234 g/mol. The Balaban J connectivity index is 2.76. The topological polar surface area (TPSA) is 37.3 Å². The van der Waals surface area contributed by atoms with Gasteiger partial charge in [-0.3, -0.25) is 4.79 Å². The van der Waals surface area contributed by atoms with Crippen molar-refractivity contribution in [3.63, 3.8) is 0 Å². The summed E-state index contributed by atoms with van der Waals surface area (Å²) in [5.41, 5.74) is -0.917. The van der Waals surface area contributed by atoms with Crippen molar-refractivity contribution >= 4 is 17.3 Å². The third-order valence-electron chi connectivity index (χ3n) is 2.21. The number of carboxylic acids is 1. The van der Waals surface area contributed by atoms with Crippen LogP contribution in [0.15, 0.2) is 17.5 Å². The highest BCUT2D eigenvalue weighted by molar-refractivity contribution is 7.10. The van der Waals surface area contributed by atoms with Crippen LogP contribution in [-0.2, 0) is 10.7 Å². The van der Waals surface area contributed by atoms with Gasteiger partial charge in [-0.2, -0.15) is 0 Å². The molecule has 16 heavy (non-hydrogen) atoms. The van der Waals surface area contributed by atoms with Crippen molar-refractivity contribution in [2.75, 3.05) is 0 Å². The summed E-state index contributed by atoms with van der Waals surface area (Å²) < 4.78 is 27.5. The van der Waals surface area contributed by atoms with E-state index in [0.29, 0.717) is 0 Å². The average molecular weight is 248 g/mol. The molecule has 1 heterocycles. The third-order valence-corrected chi connectivity index (χ3v) is 3.19. The molecule has 1 rings (SSSR count). The number of alkyl halides is 2. The Hall–Kier alpha value is -0.970. The number of carboxylic acid groups (broad SMARTS) is 1. The summed E-state index contributed by atoms with van der Waals surface area (Å²) in [6.07, 6.45) is -0.708. The zero-order valence-corrected chi connectivity index (χ0v) is 9.98. The normalized spacial score (nSPS) is 12.8. The Morgan fingerprint density at radius 2 is 2.12 bits per heavy atom. The zero-order chi connectivity index (χ0) is 12.4. The molecule has 1 N–H and O–H groups in total. The number of aliphatic carboxylic acids is 1. The van der Waals surface area contributed by atoms with E-state index < -0.39 is 23.7 Å². The summed E-state index contributed by atoms with van der Waals surface area (Å²) in [5, 5.41) is 10.2. The first kappa shape index (κ1) is 13.1. The second kappa shape index (κ2) is 4.49. The molecule has 0 spiro atoms. The highest BCUT2D eigenvalue weighted by atomic mass is 32.1. The summed E-state index contributed by atoms with van der Waals surface area (Å²) in [6.45, 7) is 3.09. The SMILES string of the molecule is CC(C)(CC(=O)O)CC(F)(F)c1cccs1. The summed E-state index contributed by atoms with van der Waals surface area (Å²) in [6, 6.07) is 2.94. The zero-order valence-electron chi connectivity index (χ0n) is 9.17. The first-order chi connectivity index (χ1) is 7.23. The predicted octanol–water partition coefficient (Wildman–Crippen LogP) is 3.73. The van der Waals surface area contributed by atoms with Gasteiger partial charge >= 0.3 is 5.97 Å². The minimum atomic E-state index is -2.95. The van der Waals surface area contributed by atoms with Crippen molar-refractivity contribution in [1.82, 2.24) is 0 Å². The quantitative estimate of drug-likeness (QED) is 0.862. The lowest BCUT2D eigenvalue weighted by Crippen LogP contribution is -2.26. The third kappa shape index (κ3) is 3.56. The van der Waals surface area contributed by atoms with Crippen LogP contribution in [0.3, 0.4) is 0 Å². The number of carbonyl (C=O) groups is 1. The summed E-state index contributed by atoms with van der Waals surface area (Å²) in [7, 11) is 0. The number of thiophene rings is 1. The Morgan fingerprint density at radius 1 is 1.50 bits per heavy atom. The van der Waals surface area contributed by atoms with Crippen LogP contribution in [0.1, 0.15) is 31.6 Å². The fourth-order valence-corrected chi connectivity index (χ4v) is 2.35. The smallest absolute Gasteiger partial charge is 0.303 e. The molecule has 0 atom stereocenters. The Labute approximate surface area is 96.9 Å². The van der Waals surface area contributed by atoms with Crippen LogP contribution in [0.5, 0.6) is 0 Å².